The Morgan fingerprint density at radius 1 is 1.48 bits per heavy atom. The molecule has 2 atom stereocenters. The maximum absolute atomic E-state index is 14.0. The molecule has 2 amide bonds. The first kappa shape index (κ1) is 17.6. The molecular formula is C16H22F2N2O3. The van der Waals surface area contributed by atoms with Gasteiger partial charge in [0.1, 0.15) is 11.6 Å². The van der Waals surface area contributed by atoms with Crippen molar-refractivity contribution in [2.24, 2.45) is 0 Å². The fraction of sp³-hybridized carbons (Fsp3) is 0.562. The molecular weight excluding hydrogens is 306 g/mol. The normalized spacial score (nSPS) is 21.6. The van der Waals surface area contributed by atoms with Crippen molar-refractivity contribution in [2.45, 2.75) is 38.0 Å². The standard InChI is InChI=1S/C16H22F2N2O3/c1-16(2,23-3)9-19-15(22)20-8-11(21)7-14(20)12-6-10(17)4-5-13(12)18/h4-6,11,14,21H,7-9H2,1-3H3,(H,19,22)/t11-,14+/m0/s1. The summed E-state index contributed by atoms with van der Waals surface area (Å²) in [7, 11) is 1.54. The zero-order valence-corrected chi connectivity index (χ0v) is 13.5. The first-order chi connectivity index (χ1) is 10.7. The van der Waals surface area contributed by atoms with Crippen molar-refractivity contribution in [1.82, 2.24) is 10.2 Å². The second kappa shape index (κ2) is 6.80. The number of nitrogens with one attached hydrogen (secondary N) is 1. The second-order valence-electron chi connectivity index (χ2n) is 6.35. The van der Waals surface area contributed by atoms with Crippen molar-refractivity contribution in [3.05, 3.63) is 35.4 Å². The van der Waals surface area contributed by atoms with Gasteiger partial charge in [0, 0.05) is 25.8 Å². The van der Waals surface area contributed by atoms with Gasteiger partial charge in [-0.25, -0.2) is 13.6 Å². The monoisotopic (exact) mass is 328 g/mol. The number of aliphatic hydroxyl groups is 1. The van der Waals surface area contributed by atoms with Gasteiger partial charge >= 0.3 is 6.03 Å². The number of benzene rings is 1. The molecule has 7 heteroatoms. The SMILES string of the molecule is COC(C)(C)CNC(=O)N1C[C@@H](O)C[C@@H]1c1cc(F)ccc1F. The van der Waals surface area contributed by atoms with E-state index in [0.29, 0.717) is 0 Å². The van der Waals surface area contributed by atoms with E-state index in [1.807, 2.05) is 13.8 Å². The Balaban J connectivity index is 2.16. The van der Waals surface area contributed by atoms with Crippen LogP contribution in [0.3, 0.4) is 0 Å². The number of aliphatic hydroxyl groups excluding tert-OH is 1. The van der Waals surface area contributed by atoms with Crippen LogP contribution in [0.2, 0.25) is 0 Å². The molecule has 23 heavy (non-hydrogen) atoms. The smallest absolute Gasteiger partial charge is 0.318 e. The maximum Gasteiger partial charge on any atom is 0.318 e. The van der Waals surface area contributed by atoms with Crippen LogP contribution in [0.15, 0.2) is 18.2 Å². The average molecular weight is 328 g/mol. The zero-order valence-electron chi connectivity index (χ0n) is 13.5. The Hall–Kier alpha value is -1.73. The minimum absolute atomic E-state index is 0.0693. The van der Waals surface area contributed by atoms with E-state index < -0.39 is 35.4 Å². The van der Waals surface area contributed by atoms with Crippen LogP contribution in [-0.4, -0.2) is 47.9 Å². The van der Waals surface area contributed by atoms with E-state index in [0.717, 1.165) is 18.2 Å². The fourth-order valence-corrected chi connectivity index (χ4v) is 2.57. The van der Waals surface area contributed by atoms with E-state index in [-0.39, 0.29) is 25.1 Å². The highest BCUT2D eigenvalue weighted by Gasteiger charge is 2.37. The van der Waals surface area contributed by atoms with Crippen molar-refractivity contribution in [3.63, 3.8) is 0 Å². The number of amides is 2. The molecule has 0 radical (unpaired) electrons. The molecule has 1 aliphatic heterocycles. The number of ether oxygens (including phenoxy) is 1. The van der Waals surface area contributed by atoms with Gasteiger partial charge in [0.2, 0.25) is 0 Å². The Bertz CT molecular complexity index is 580. The molecule has 1 aromatic rings. The van der Waals surface area contributed by atoms with E-state index >= 15 is 0 Å². The number of hydrogen-bond acceptors (Lipinski definition) is 3. The molecule has 0 bridgehead atoms. The number of rotatable bonds is 4. The van der Waals surface area contributed by atoms with Gasteiger partial charge < -0.3 is 20.1 Å². The minimum atomic E-state index is -0.774. The highest BCUT2D eigenvalue weighted by Crippen LogP contribution is 2.34. The summed E-state index contributed by atoms with van der Waals surface area (Å²) < 4.78 is 32.6. The van der Waals surface area contributed by atoms with E-state index in [4.69, 9.17) is 4.74 Å². The minimum Gasteiger partial charge on any atom is -0.391 e. The van der Waals surface area contributed by atoms with Gasteiger partial charge in [0.25, 0.3) is 0 Å². The molecule has 0 spiro atoms. The van der Waals surface area contributed by atoms with Crippen molar-refractivity contribution in [3.8, 4) is 0 Å². The lowest BCUT2D eigenvalue weighted by atomic mass is 10.0. The predicted octanol–water partition coefficient (Wildman–Crippen LogP) is 2.21. The molecule has 5 nitrogen and oxygen atoms in total. The van der Waals surface area contributed by atoms with E-state index in [1.54, 1.807) is 0 Å². The van der Waals surface area contributed by atoms with Crippen molar-refractivity contribution in [1.29, 1.82) is 0 Å². The van der Waals surface area contributed by atoms with Crippen LogP contribution in [0, 0.1) is 11.6 Å². The van der Waals surface area contributed by atoms with Crippen LogP contribution in [0.1, 0.15) is 31.9 Å². The summed E-state index contributed by atoms with van der Waals surface area (Å²) >= 11 is 0. The first-order valence-corrected chi connectivity index (χ1v) is 7.46. The first-order valence-electron chi connectivity index (χ1n) is 7.46. The van der Waals surface area contributed by atoms with Crippen molar-refractivity contribution in [2.75, 3.05) is 20.2 Å². The number of carbonyl (C=O) groups is 1. The molecule has 1 aliphatic rings. The molecule has 2 N–H and O–H groups in total. The zero-order chi connectivity index (χ0) is 17.2. The summed E-state index contributed by atoms with van der Waals surface area (Å²) in [5.41, 5.74) is -0.476. The summed E-state index contributed by atoms with van der Waals surface area (Å²) in [5, 5.41) is 12.6. The number of methoxy groups -OCH3 is 1. The van der Waals surface area contributed by atoms with E-state index in [2.05, 4.69) is 5.32 Å². The van der Waals surface area contributed by atoms with Gasteiger partial charge in [0.05, 0.1) is 17.7 Å². The third kappa shape index (κ3) is 4.17. The maximum atomic E-state index is 14.0. The molecule has 0 aromatic heterocycles. The lowest BCUT2D eigenvalue weighted by molar-refractivity contribution is 0.0241. The van der Waals surface area contributed by atoms with Crippen LogP contribution in [0.5, 0.6) is 0 Å². The van der Waals surface area contributed by atoms with E-state index in [1.165, 1.54) is 12.0 Å². The van der Waals surface area contributed by atoms with Gasteiger partial charge in [-0.2, -0.15) is 0 Å². The number of carbonyl (C=O) groups excluding carboxylic acids is 1. The Morgan fingerprint density at radius 2 is 2.17 bits per heavy atom. The number of urea groups is 1. The third-order valence-corrected chi connectivity index (χ3v) is 4.07. The van der Waals surface area contributed by atoms with Crippen LogP contribution in [0.4, 0.5) is 13.6 Å². The molecule has 1 saturated heterocycles. The molecule has 1 fully saturated rings. The second-order valence-corrected chi connectivity index (χ2v) is 6.35. The summed E-state index contributed by atoms with van der Waals surface area (Å²) in [6, 6.07) is 1.97. The molecule has 0 unspecified atom stereocenters. The lowest BCUT2D eigenvalue weighted by Gasteiger charge is -2.28. The average Bonchev–Trinajstić information content (AvgIpc) is 2.89. The highest BCUT2D eigenvalue weighted by molar-refractivity contribution is 5.75. The predicted molar refractivity (Wildman–Crippen MR) is 80.9 cm³/mol. The van der Waals surface area contributed by atoms with Gasteiger partial charge in [-0.15, -0.1) is 0 Å². The number of nitrogens with zero attached hydrogens (tertiary/aromatic N) is 1. The fourth-order valence-electron chi connectivity index (χ4n) is 2.57. The van der Waals surface area contributed by atoms with Crippen LogP contribution >= 0.6 is 0 Å². The highest BCUT2D eigenvalue weighted by atomic mass is 19.1. The van der Waals surface area contributed by atoms with E-state index in [9.17, 15) is 18.7 Å². The third-order valence-electron chi connectivity index (χ3n) is 4.07. The van der Waals surface area contributed by atoms with Gasteiger partial charge in [-0.05, 0) is 38.5 Å². The summed E-state index contributed by atoms with van der Waals surface area (Å²) in [5.74, 6) is -1.18. The Labute approximate surface area is 134 Å². The van der Waals surface area contributed by atoms with Crippen LogP contribution in [0.25, 0.3) is 0 Å². The summed E-state index contributed by atoms with van der Waals surface area (Å²) in [4.78, 5) is 13.7. The van der Waals surface area contributed by atoms with Gasteiger partial charge in [0.15, 0.2) is 0 Å². The quantitative estimate of drug-likeness (QED) is 0.891. The number of halogens is 2. The largest absolute Gasteiger partial charge is 0.391 e. The molecule has 0 aliphatic carbocycles. The topological polar surface area (TPSA) is 61.8 Å². The molecule has 1 aromatic carbocycles. The van der Waals surface area contributed by atoms with Crippen LogP contribution < -0.4 is 5.32 Å². The lowest BCUT2D eigenvalue weighted by Crippen LogP contribution is -2.46. The number of likely N-dealkylation sites (tertiary alicyclic amines) is 1. The Morgan fingerprint density at radius 3 is 2.83 bits per heavy atom. The van der Waals surface area contributed by atoms with Crippen molar-refractivity contribution < 1.29 is 23.4 Å². The van der Waals surface area contributed by atoms with Gasteiger partial charge in [-0.3, -0.25) is 0 Å². The molecule has 1 heterocycles. The molecule has 2 rings (SSSR count). The number of β-amino-alcohol motifs (C(OH)–C–C–N with tert-alkyl or cyclic N) is 1. The van der Waals surface area contributed by atoms with Crippen LogP contribution in [-0.2, 0) is 4.74 Å². The summed E-state index contributed by atoms with van der Waals surface area (Å²) in [6.45, 7) is 3.96. The Kier molecular flexibility index (Phi) is 5.21. The molecule has 0 saturated carbocycles. The molecule has 128 valence electrons. The van der Waals surface area contributed by atoms with Crippen molar-refractivity contribution >= 4 is 6.03 Å². The summed E-state index contributed by atoms with van der Waals surface area (Å²) in [6.07, 6.45) is -0.606. The number of hydrogen-bond donors (Lipinski definition) is 2. The van der Waals surface area contributed by atoms with Gasteiger partial charge in [-0.1, -0.05) is 0 Å².